The summed E-state index contributed by atoms with van der Waals surface area (Å²) in [5.41, 5.74) is -1.31. The third-order valence-corrected chi connectivity index (χ3v) is 3.26. The fraction of sp³-hybridized carbons (Fsp3) is 0.500. The van der Waals surface area contributed by atoms with E-state index in [9.17, 15) is 18.6 Å². The van der Waals surface area contributed by atoms with Crippen LogP contribution in [0, 0.1) is 0 Å². The van der Waals surface area contributed by atoms with Gasteiger partial charge < -0.3 is 4.98 Å². The van der Waals surface area contributed by atoms with Gasteiger partial charge in [0.05, 0.1) is 11.6 Å². The highest BCUT2D eigenvalue weighted by Crippen LogP contribution is 2.01. The first-order chi connectivity index (χ1) is 7.84. The van der Waals surface area contributed by atoms with E-state index in [4.69, 9.17) is 0 Å². The highest BCUT2D eigenvalue weighted by atomic mass is 32.2. The van der Waals surface area contributed by atoms with Crippen molar-refractivity contribution in [1.29, 1.82) is 0 Å². The van der Waals surface area contributed by atoms with Crippen LogP contribution in [0.3, 0.4) is 0 Å². The van der Waals surface area contributed by atoms with E-state index in [2.05, 4.69) is 4.98 Å². The van der Waals surface area contributed by atoms with Gasteiger partial charge in [0.2, 0.25) is 0 Å². The minimum absolute atomic E-state index is 0.0710. The second-order valence-electron chi connectivity index (χ2n) is 3.83. The summed E-state index contributed by atoms with van der Waals surface area (Å²) in [7, 11) is -1.13. The Bertz CT molecular complexity index is 572. The highest BCUT2D eigenvalue weighted by molar-refractivity contribution is 7.84. The van der Waals surface area contributed by atoms with E-state index >= 15 is 0 Å². The summed E-state index contributed by atoms with van der Waals surface area (Å²) in [5.74, 6) is -0.227. The summed E-state index contributed by atoms with van der Waals surface area (Å²) in [4.78, 5) is 36.9. The van der Waals surface area contributed by atoms with Gasteiger partial charge in [-0.3, -0.25) is 18.4 Å². The molecule has 1 N–H and O–H groups in total. The number of nitrogens with one attached hydrogen (secondary N) is 1. The molecule has 0 aromatic carbocycles. The van der Waals surface area contributed by atoms with E-state index in [1.165, 1.54) is 13.2 Å². The van der Waals surface area contributed by atoms with Crippen LogP contribution < -0.4 is 11.2 Å². The fourth-order valence-electron chi connectivity index (χ4n) is 1.55. The monoisotopic (exact) mass is 258 g/mol. The lowest BCUT2D eigenvalue weighted by Crippen LogP contribution is -2.40. The number of carbonyl (C=O) groups excluding carboxylic acids is 1. The third-order valence-electron chi connectivity index (χ3n) is 2.30. The molecule has 0 fully saturated rings. The zero-order valence-corrected chi connectivity index (χ0v) is 10.7. The Morgan fingerprint density at radius 1 is 1.53 bits per heavy atom. The predicted octanol–water partition coefficient (Wildman–Crippen LogP) is -0.321. The Balaban J connectivity index is 3.37. The topological polar surface area (TPSA) is 89.0 Å². The molecule has 1 heterocycles. The number of H-pyrrole nitrogens is 1. The quantitative estimate of drug-likeness (QED) is 0.749. The Labute approximate surface area is 100 Å². The van der Waals surface area contributed by atoms with E-state index in [-0.39, 0.29) is 11.3 Å². The molecule has 7 heteroatoms. The second-order valence-corrected chi connectivity index (χ2v) is 5.31. The molecule has 94 valence electrons. The molecular formula is C10H14N2O4S. The average molecular weight is 258 g/mol. The van der Waals surface area contributed by atoms with Crippen LogP contribution in [0.1, 0.15) is 30.2 Å². The van der Waals surface area contributed by atoms with Gasteiger partial charge in [-0.25, -0.2) is 4.79 Å². The van der Waals surface area contributed by atoms with Crippen LogP contribution >= 0.6 is 0 Å². The summed E-state index contributed by atoms with van der Waals surface area (Å²) in [5, 5.41) is 0. The largest absolute Gasteiger partial charge is 0.328 e. The summed E-state index contributed by atoms with van der Waals surface area (Å²) in [6.45, 7) is 2.87. The van der Waals surface area contributed by atoms with Crippen LogP contribution in [0.25, 0.3) is 0 Å². The Hall–Kier alpha value is -1.50. The molecule has 17 heavy (non-hydrogen) atoms. The van der Waals surface area contributed by atoms with Crippen LogP contribution in [0.2, 0.25) is 0 Å². The van der Waals surface area contributed by atoms with Crippen LogP contribution in [0.4, 0.5) is 0 Å². The van der Waals surface area contributed by atoms with Gasteiger partial charge >= 0.3 is 5.69 Å². The maximum absolute atomic E-state index is 11.9. The van der Waals surface area contributed by atoms with Crippen molar-refractivity contribution in [3.8, 4) is 0 Å². The van der Waals surface area contributed by atoms with Gasteiger partial charge in [0.15, 0.2) is 5.78 Å². The number of aromatic amines is 1. The average Bonchev–Trinajstić information content (AvgIpc) is 2.15. The van der Waals surface area contributed by atoms with Crippen molar-refractivity contribution in [2.24, 2.45) is 0 Å². The van der Waals surface area contributed by atoms with Crippen molar-refractivity contribution in [3.05, 3.63) is 32.6 Å². The predicted molar refractivity (Wildman–Crippen MR) is 65.0 cm³/mol. The smallest absolute Gasteiger partial charge is 0.313 e. The van der Waals surface area contributed by atoms with Gasteiger partial charge in [-0.2, -0.15) is 0 Å². The van der Waals surface area contributed by atoms with Crippen molar-refractivity contribution in [1.82, 2.24) is 9.55 Å². The van der Waals surface area contributed by atoms with Crippen LogP contribution in [0.15, 0.2) is 15.8 Å². The van der Waals surface area contributed by atoms with Crippen molar-refractivity contribution >= 4 is 16.6 Å². The molecule has 1 aromatic rings. The summed E-state index contributed by atoms with van der Waals surface area (Å²) >= 11 is 0. The summed E-state index contributed by atoms with van der Waals surface area (Å²) in [6.07, 6.45) is 2.60. The minimum Gasteiger partial charge on any atom is -0.313 e. The number of rotatable bonds is 4. The van der Waals surface area contributed by atoms with E-state index in [1.807, 2.05) is 0 Å². The maximum atomic E-state index is 11.9. The summed E-state index contributed by atoms with van der Waals surface area (Å²) < 4.78 is 12.0. The molecule has 2 unspecified atom stereocenters. The van der Waals surface area contributed by atoms with Gasteiger partial charge in [0.1, 0.15) is 0 Å². The van der Waals surface area contributed by atoms with E-state index in [1.54, 1.807) is 6.92 Å². The first kappa shape index (κ1) is 13.6. The standard InChI is InChI=1S/C10H14N2O4S/c1-6(5-17(3)16)12-9(14)8(7(2)13)4-11-10(12)15/h4,6H,5H2,1-3H3,(H,11,15). The number of Topliss-reactive ketones (excluding diaryl/α,β-unsaturated/α-hetero) is 1. The Morgan fingerprint density at radius 2 is 2.12 bits per heavy atom. The molecule has 0 saturated heterocycles. The maximum Gasteiger partial charge on any atom is 0.328 e. The molecule has 0 aliphatic rings. The Kier molecular flexibility index (Phi) is 4.17. The molecule has 0 amide bonds. The lowest BCUT2D eigenvalue weighted by atomic mass is 10.2. The SMILES string of the molecule is CC(=O)c1c[nH]c(=O)n(C(C)CS(C)=O)c1=O. The fourth-order valence-corrected chi connectivity index (χ4v) is 2.38. The van der Waals surface area contributed by atoms with Crippen molar-refractivity contribution in [2.75, 3.05) is 12.0 Å². The van der Waals surface area contributed by atoms with E-state index in [0.29, 0.717) is 0 Å². The van der Waals surface area contributed by atoms with Gasteiger partial charge in [0.25, 0.3) is 5.56 Å². The Morgan fingerprint density at radius 3 is 2.59 bits per heavy atom. The second kappa shape index (κ2) is 5.22. The molecule has 6 nitrogen and oxygen atoms in total. The summed E-state index contributed by atoms with van der Waals surface area (Å²) in [6, 6.07) is -0.517. The number of ketones is 1. The van der Waals surface area contributed by atoms with Gasteiger partial charge in [-0.1, -0.05) is 0 Å². The van der Waals surface area contributed by atoms with Gasteiger partial charge in [-0.15, -0.1) is 0 Å². The number of aromatic nitrogens is 2. The van der Waals surface area contributed by atoms with Crippen molar-refractivity contribution < 1.29 is 9.00 Å². The first-order valence-electron chi connectivity index (χ1n) is 4.99. The molecule has 0 spiro atoms. The number of hydrogen-bond donors (Lipinski definition) is 1. The normalized spacial score (nSPS) is 14.3. The lowest BCUT2D eigenvalue weighted by molar-refractivity contribution is 0.101. The molecule has 2 atom stereocenters. The zero-order valence-electron chi connectivity index (χ0n) is 9.85. The van der Waals surface area contributed by atoms with Crippen molar-refractivity contribution in [3.63, 3.8) is 0 Å². The molecular weight excluding hydrogens is 244 g/mol. The minimum atomic E-state index is -1.13. The highest BCUT2D eigenvalue weighted by Gasteiger charge is 2.16. The zero-order chi connectivity index (χ0) is 13.2. The number of carbonyl (C=O) groups is 1. The van der Waals surface area contributed by atoms with Gasteiger partial charge in [0, 0.05) is 29.0 Å². The van der Waals surface area contributed by atoms with E-state index in [0.717, 1.165) is 10.8 Å². The van der Waals surface area contributed by atoms with E-state index < -0.39 is 33.9 Å². The molecule has 1 aromatic heterocycles. The van der Waals surface area contributed by atoms with Crippen LogP contribution in [0.5, 0.6) is 0 Å². The third kappa shape index (κ3) is 3.00. The molecule has 1 rings (SSSR count). The number of nitrogens with zero attached hydrogens (tertiary/aromatic N) is 1. The molecule has 0 saturated carbocycles. The molecule has 0 aliphatic heterocycles. The molecule has 0 radical (unpaired) electrons. The number of hydrogen-bond acceptors (Lipinski definition) is 4. The van der Waals surface area contributed by atoms with Crippen LogP contribution in [-0.4, -0.2) is 31.6 Å². The van der Waals surface area contributed by atoms with Gasteiger partial charge in [-0.05, 0) is 13.8 Å². The van der Waals surface area contributed by atoms with Crippen LogP contribution in [-0.2, 0) is 10.8 Å². The molecule has 0 bridgehead atoms. The first-order valence-corrected chi connectivity index (χ1v) is 6.72. The lowest BCUT2D eigenvalue weighted by Gasteiger charge is -2.12. The van der Waals surface area contributed by atoms with Crippen molar-refractivity contribution in [2.45, 2.75) is 19.9 Å². The molecule has 0 aliphatic carbocycles.